The van der Waals surface area contributed by atoms with Gasteiger partial charge in [-0.1, -0.05) is 12.5 Å². The number of rotatable bonds is 4. The van der Waals surface area contributed by atoms with E-state index in [9.17, 15) is 13.6 Å². The van der Waals surface area contributed by atoms with Crippen LogP contribution < -0.4 is 10.6 Å². The first-order valence-electron chi connectivity index (χ1n) is 7.02. The molecular weight excluding hydrogens is 262 g/mol. The Morgan fingerprint density at radius 1 is 1.35 bits per heavy atom. The van der Waals surface area contributed by atoms with Crippen LogP contribution in [0.15, 0.2) is 18.2 Å². The molecule has 1 fully saturated rings. The smallest absolute Gasteiger partial charge is 0.224 e. The molecule has 1 heterocycles. The normalized spacial score (nSPS) is 22.6. The first-order chi connectivity index (χ1) is 9.56. The van der Waals surface area contributed by atoms with E-state index in [2.05, 4.69) is 17.6 Å². The molecule has 110 valence electrons. The number of nitrogens with one attached hydrogen (secondary N) is 2. The third kappa shape index (κ3) is 4.00. The molecule has 1 amide bonds. The number of piperidine rings is 1. The lowest BCUT2D eigenvalue weighted by atomic mass is 9.99. The second-order valence-electron chi connectivity index (χ2n) is 5.38. The number of hydrogen-bond acceptors (Lipinski definition) is 2. The molecule has 1 aromatic rings. The van der Waals surface area contributed by atoms with Gasteiger partial charge in [0.25, 0.3) is 0 Å². The van der Waals surface area contributed by atoms with Crippen molar-refractivity contribution in [2.24, 2.45) is 0 Å². The van der Waals surface area contributed by atoms with Crippen molar-refractivity contribution in [2.45, 2.75) is 44.7 Å². The summed E-state index contributed by atoms with van der Waals surface area (Å²) in [6, 6.07) is 4.31. The van der Waals surface area contributed by atoms with E-state index >= 15 is 0 Å². The van der Waals surface area contributed by atoms with Crippen molar-refractivity contribution in [1.29, 1.82) is 0 Å². The maximum absolute atomic E-state index is 13.4. The van der Waals surface area contributed by atoms with Crippen LogP contribution in [0.5, 0.6) is 0 Å². The SMILES string of the molecule is CC1CCCC(CNC(=O)Cc2c(F)cccc2F)N1. The largest absolute Gasteiger partial charge is 0.354 e. The standard InChI is InChI=1S/C15H20F2N2O/c1-10-4-2-5-11(19-10)9-18-15(20)8-12-13(16)6-3-7-14(12)17/h3,6-7,10-11,19H,2,4-5,8-9H2,1H3,(H,18,20). The summed E-state index contributed by atoms with van der Waals surface area (Å²) in [6.07, 6.45) is 3.03. The molecule has 0 aromatic heterocycles. The number of halogens is 2. The molecule has 2 unspecified atom stereocenters. The van der Waals surface area contributed by atoms with Crippen LogP contribution >= 0.6 is 0 Å². The average Bonchev–Trinajstić information content (AvgIpc) is 2.41. The molecule has 1 aliphatic heterocycles. The lowest BCUT2D eigenvalue weighted by molar-refractivity contribution is -0.120. The van der Waals surface area contributed by atoms with Crippen molar-refractivity contribution in [3.63, 3.8) is 0 Å². The lowest BCUT2D eigenvalue weighted by Gasteiger charge is -2.28. The molecule has 1 aromatic carbocycles. The van der Waals surface area contributed by atoms with Crippen molar-refractivity contribution >= 4 is 5.91 Å². The van der Waals surface area contributed by atoms with Crippen molar-refractivity contribution in [3.8, 4) is 0 Å². The van der Waals surface area contributed by atoms with Crippen LogP contribution in [0.3, 0.4) is 0 Å². The summed E-state index contributed by atoms with van der Waals surface area (Å²) in [5, 5.41) is 6.14. The van der Waals surface area contributed by atoms with Gasteiger partial charge >= 0.3 is 0 Å². The molecule has 2 N–H and O–H groups in total. The van der Waals surface area contributed by atoms with Crippen LogP contribution in [0.2, 0.25) is 0 Å². The average molecular weight is 282 g/mol. The number of carbonyl (C=O) groups is 1. The predicted octanol–water partition coefficient (Wildman–Crippen LogP) is 2.15. The van der Waals surface area contributed by atoms with Crippen molar-refractivity contribution in [2.75, 3.05) is 6.54 Å². The molecule has 0 saturated carbocycles. The monoisotopic (exact) mass is 282 g/mol. The molecule has 0 aliphatic carbocycles. The number of hydrogen-bond donors (Lipinski definition) is 2. The summed E-state index contributed by atoms with van der Waals surface area (Å²) in [7, 11) is 0. The Morgan fingerprint density at radius 2 is 2.05 bits per heavy atom. The van der Waals surface area contributed by atoms with Gasteiger partial charge in [-0.3, -0.25) is 4.79 Å². The third-order valence-electron chi connectivity index (χ3n) is 3.65. The van der Waals surface area contributed by atoms with E-state index in [4.69, 9.17) is 0 Å². The predicted molar refractivity (Wildman–Crippen MR) is 73.3 cm³/mol. The zero-order valence-electron chi connectivity index (χ0n) is 11.6. The second kappa shape index (κ2) is 6.79. The van der Waals surface area contributed by atoms with Crippen LogP contribution in [0.25, 0.3) is 0 Å². The van der Waals surface area contributed by atoms with Crippen LogP contribution in [0.4, 0.5) is 8.78 Å². The van der Waals surface area contributed by atoms with Gasteiger partial charge in [-0.15, -0.1) is 0 Å². The Kier molecular flexibility index (Phi) is 5.06. The van der Waals surface area contributed by atoms with Gasteiger partial charge in [-0.2, -0.15) is 0 Å². The van der Waals surface area contributed by atoms with Crippen molar-refractivity contribution in [1.82, 2.24) is 10.6 Å². The highest BCUT2D eigenvalue weighted by Crippen LogP contribution is 2.13. The Labute approximate surface area is 117 Å². The van der Waals surface area contributed by atoms with Gasteiger partial charge in [-0.25, -0.2) is 8.78 Å². The van der Waals surface area contributed by atoms with Crippen LogP contribution in [-0.4, -0.2) is 24.5 Å². The summed E-state index contributed by atoms with van der Waals surface area (Å²) in [5.41, 5.74) is -0.171. The minimum absolute atomic E-state index is 0.171. The fourth-order valence-corrected chi connectivity index (χ4v) is 2.56. The second-order valence-corrected chi connectivity index (χ2v) is 5.38. The van der Waals surface area contributed by atoms with E-state index in [1.807, 2.05) is 0 Å². The first kappa shape index (κ1) is 14.9. The Balaban J connectivity index is 1.83. The fraction of sp³-hybridized carbons (Fsp3) is 0.533. The fourth-order valence-electron chi connectivity index (χ4n) is 2.56. The van der Waals surface area contributed by atoms with Crippen LogP contribution in [-0.2, 0) is 11.2 Å². The highest BCUT2D eigenvalue weighted by Gasteiger charge is 2.19. The maximum atomic E-state index is 13.4. The summed E-state index contributed by atoms with van der Waals surface area (Å²) >= 11 is 0. The van der Waals surface area contributed by atoms with E-state index in [1.165, 1.54) is 6.07 Å². The lowest BCUT2D eigenvalue weighted by Crippen LogP contribution is -2.47. The summed E-state index contributed by atoms with van der Waals surface area (Å²) in [5.74, 6) is -1.71. The van der Waals surface area contributed by atoms with E-state index in [0.29, 0.717) is 12.6 Å². The summed E-state index contributed by atoms with van der Waals surface area (Å²) in [6.45, 7) is 2.61. The minimum atomic E-state index is -0.676. The zero-order valence-corrected chi connectivity index (χ0v) is 11.6. The molecule has 5 heteroatoms. The number of benzene rings is 1. The summed E-state index contributed by atoms with van der Waals surface area (Å²) < 4.78 is 26.8. The quantitative estimate of drug-likeness (QED) is 0.888. The molecule has 0 spiro atoms. The highest BCUT2D eigenvalue weighted by atomic mass is 19.1. The molecule has 2 rings (SSSR count). The van der Waals surface area contributed by atoms with Crippen LogP contribution in [0.1, 0.15) is 31.7 Å². The van der Waals surface area contributed by atoms with Crippen molar-refractivity contribution < 1.29 is 13.6 Å². The van der Waals surface area contributed by atoms with Gasteiger partial charge in [0.05, 0.1) is 6.42 Å². The Morgan fingerprint density at radius 3 is 2.70 bits per heavy atom. The van der Waals surface area contributed by atoms with Crippen LogP contribution in [0, 0.1) is 11.6 Å². The van der Waals surface area contributed by atoms with Gasteiger partial charge in [-0.05, 0) is 31.9 Å². The topological polar surface area (TPSA) is 41.1 Å². The van der Waals surface area contributed by atoms with Gasteiger partial charge in [0, 0.05) is 24.2 Å². The third-order valence-corrected chi connectivity index (χ3v) is 3.65. The first-order valence-corrected chi connectivity index (χ1v) is 7.02. The molecule has 2 atom stereocenters. The number of amides is 1. The minimum Gasteiger partial charge on any atom is -0.354 e. The van der Waals surface area contributed by atoms with E-state index in [-0.39, 0.29) is 23.9 Å². The van der Waals surface area contributed by atoms with Gasteiger partial charge < -0.3 is 10.6 Å². The van der Waals surface area contributed by atoms with Gasteiger partial charge in [0.2, 0.25) is 5.91 Å². The zero-order chi connectivity index (χ0) is 14.5. The van der Waals surface area contributed by atoms with E-state index < -0.39 is 11.6 Å². The molecule has 20 heavy (non-hydrogen) atoms. The maximum Gasteiger partial charge on any atom is 0.224 e. The molecule has 1 saturated heterocycles. The summed E-state index contributed by atoms with van der Waals surface area (Å²) in [4.78, 5) is 11.8. The number of carbonyl (C=O) groups excluding carboxylic acids is 1. The highest BCUT2D eigenvalue weighted by molar-refractivity contribution is 5.78. The van der Waals surface area contributed by atoms with Crippen molar-refractivity contribution in [3.05, 3.63) is 35.4 Å². The molecule has 1 aliphatic rings. The van der Waals surface area contributed by atoms with E-state index in [1.54, 1.807) is 0 Å². The molecule has 0 bridgehead atoms. The Bertz CT molecular complexity index is 459. The van der Waals surface area contributed by atoms with Gasteiger partial charge in [0.15, 0.2) is 0 Å². The molecular formula is C15H20F2N2O. The molecule has 0 radical (unpaired) electrons. The molecule has 3 nitrogen and oxygen atoms in total. The van der Waals surface area contributed by atoms with E-state index in [0.717, 1.165) is 31.4 Å². The van der Waals surface area contributed by atoms with Gasteiger partial charge in [0.1, 0.15) is 11.6 Å². The Hall–Kier alpha value is -1.49.